The van der Waals surface area contributed by atoms with Gasteiger partial charge in [-0.25, -0.2) is 4.39 Å². The Hall–Kier alpha value is -0.510. The molecular weight excluding hydrogens is 275 g/mol. The Morgan fingerprint density at radius 1 is 1.25 bits per heavy atom. The van der Waals surface area contributed by atoms with E-state index >= 15 is 0 Å². The zero-order valence-corrected chi connectivity index (χ0v) is 10.7. The molecule has 0 saturated carbocycles. The maximum Gasteiger partial charge on any atom is 0.258 e. The standard InChI is InChI=1S/C10H9Cl3FNO/c1-2-15(10(16)5-14)9-4-7(12)6(11)3-8(9)13/h3-4H,2,5H2,1H3. The van der Waals surface area contributed by atoms with Gasteiger partial charge in [0.25, 0.3) is 5.91 Å². The summed E-state index contributed by atoms with van der Waals surface area (Å²) in [5.74, 6) is -0.664. The Morgan fingerprint density at radius 3 is 2.31 bits per heavy atom. The van der Waals surface area contributed by atoms with Crippen LogP contribution < -0.4 is 4.90 Å². The summed E-state index contributed by atoms with van der Waals surface area (Å²) in [7, 11) is 0. The van der Waals surface area contributed by atoms with Gasteiger partial charge < -0.3 is 4.90 Å². The number of hydrogen-bond donors (Lipinski definition) is 0. The largest absolute Gasteiger partial charge is 0.309 e. The minimum Gasteiger partial charge on any atom is -0.309 e. The molecule has 0 radical (unpaired) electrons. The molecule has 0 saturated heterocycles. The fourth-order valence-corrected chi connectivity index (χ4v) is 1.92. The van der Waals surface area contributed by atoms with E-state index in [-0.39, 0.29) is 10.0 Å². The van der Waals surface area contributed by atoms with Crippen LogP contribution in [0.3, 0.4) is 0 Å². The molecule has 6 heteroatoms. The first kappa shape index (κ1) is 13.6. The maximum atomic E-state index is 12.3. The number of nitrogens with zero attached hydrogens (tertiary/aromatic N) is 1. The molecule has 16 heavy (non-hydrogen) atoms. The van der Waals surface area contributed by atoms with Gasteiger partial charge in [0.05, 0.1) is 20.8 Å². The maximum absolute atomic E-state index is 12.3. The van der Waals surface area contributed by atoms with Gasteiger partial charge >= 0.3 is 0 Å². The van der Waals surface area contributed by atoms with E-state index < -0.39 is 12.6 Å². The molecule has 1 rings (SSSR count). The number of amides is 1. The van der Waals surface area contributed by atoms with Crippen molar-refractivity contribution < 1.29 is 9.18 Å². The summed E-state index contributed by atoms with van der Waals surface area (Å²) >= 11 is 17.5. The molecule has 0 N–H and O–H groups in total. The molecule has 0 heterocycles. The van der Waals surface area contributed by atoms with Crippen molar-refractivity contribution in [3.63, 3.8) is 0 Å². The van der Waals surface area contributed by atoms with Crippen LogP contribution in [0.15, 0.2) is 12.1 Å². The predicted molar refractivity (Wildman–Crippen MR) is 65.5 cm³/mol. The minimum atomic E-state index is -1.08. The van der Waals surface area contributed by atoms with Gasteiger partial charge in [-0.1, -0.05) is 34.8 Å². The van der Waals surface area contributed by atoms with E-state index in [0.29, 0.717) is 17.3 Å². The van der Waals surface area contributed by atoms with Gasteiger partial charge in [-0.2, -0.15) is 0 Å². The molecule has 88 valence electrons. The van der Waals surface area contributed by atoms with Crippen LogP contribution in [0.5, 0.6) is 0 Å². The van der Waals surface area contributed by atoms with E-state index in [4.69, 9.17) is 34.8 Å². The molecule has 0 fully saturated rings. The summed E-state index contributed by atoms with van der Waals surface area (Å²) < 4.78 is 12.3. The highest BCUT2D eigenvalue weighted by Gasteiger charge is 2.17. The lowest BCUT2D eigenvalue weighted by molar-refractivity contribution is -0.119. The van der Waals surface area contributed by atoms with Gasteiger partial charge in [-0.3, -0.25) is 4.79 Å². The molecule has 1 amide bonds. The summed E-state index contributed by atoms with van der Waals surface area (Å²) in [4.78, 5) is 12.5. The van der Waals surface area contributed by atoms with Crippen LogP contribution in [-0.4, -0.2) is 19.1 Å². The topological polar surface area (TPSA) is 20.3 Å². The molecule has 0 aliphatic heterocycles. The highest BCUT2D eigenvalue weighted by molar-refractivity contribution is 6.44. The van der Waals surface area contributed by atoms with Crippen LogP contribution in [0.4, 0.5) is 10.1 Å². The molecular formula is C10H9Cl3FNO. The van der Waals surface area contributed by atoms with Gasteiger partial charge in [0.15, 0.2) is 6.67 Å². The Balaban J connectivity index is 3.20. The van der Waals surface area contributed by atoms with E-state index in [2.05, 4.69) is 0 Å². The van der Waals surface area contributed by atoms with Crippen LogP contribution in [0.1, 0.15) is 6.92 Å². The summed E-state index contributed by atoms with van der Waals surface area (Å²) in [6, 6.07) is 2.87. The molecule has 0 atom stereocenters. The molecule has 0 aromatic heterocycles. The molecule has 0 bridgehead atoms. The number of hydrogen-bond acceptors (Lipinski definition) is 1. The van der Waals surface area contributed by atoms with E-state index in [1.54, 1.807) is 6.92 Å². The Morgan fingerprint density at radius 2 is 1.81 bits per heavy atom. The average molecular weight is 285 g/mol. The van der Waals surface area contributed by atoms with Crippen molar-refractivity contribution in [3.05, 3.63) is 27.2 Å². The summed E-state index contributed by atoms with van der Waals surface area (Å²) in [6.07, 6.45) is 0. The van der Waals surface area contributed by atoms with Crippen molar-refractivity contribution in [1.29, 1.82) is 0 Å². The van der Waals surface area contributed by atoms with Crippen molar-refractivity contribution in [2.75, 3.05) is 18.1 Å². The van der Waals surface area contributed by atoms with Gasteiger partial charge in [-0.15, -0.1) is 0 Å². The van der Waals surface area contributed by atoms with Crippen molar-refractivity contribution >= 4 is 46.4 Å². The Bertz CT molecular complexity index is 411. The third-order valence-corrected chi connectivity index (χ3v) is 3.04. The van der Waals surface area contributed by atoms with Gasteiger partial charge in [0.2, 0.25) is 0 Å². The van der Waals surface area contributed by atoms with Gasteiger partial charge in [-0.05, 0) is 19.1 Å². The second kappa shape index (κ2) is 5.71. The molecule has 0 aliphatic rings. The number of benzene rings is 1. The number of rotatable bonds is 3. The lowest BCUT2D eigenvalue weighted by Crippen LogP contribution is -2.32. The fourth-order valence-electron chi connectivity index (χ4n) is 1.27. The second-order valence-corrected chi connectivity index (χ2v) is 4.21. The highest BCUT2D eigenvalue weighted by atomic mass is 35.5. The molecule has 1 aromatic carbocycles. The quantitative estimate of drug-likeness (QED) is 0.769. The number of carbonyl (C=O) groups is 1. The third-order valence-electron chi connectivity index (χ3n) is 2.01. The Kier molecular flexibility index (Phi) is 4.84. The molecule has 0 aliphatic carbocycles. The average Bonchev–Trinajstić information content (AvgIpc) is 2.26. The van der Waals surface area contributed by atoms with Crippen LogP contribution in [0.25, 0.3) is 0 Å². The SMILES string of the molecule is CCN(C(=O)CF)c1cc(Cl)c(Cl)cc1Cl. The first-order valence-electron chi connectivity index (χ1n) is 4.52. The second-order valence-electron chi connectivity index (χ2n) is 2.99. The van der Waals surface area contributed by atoms with E-state index in [0.717, 1.165) is 0 Å². The van der Waals surface area contributed by atoms with Gasteiger partial charge in [0, 0.05) is 6.54 Å². The number of carbonyl (C=O) groups excluding carboxylic acids is 1. The van der Waals surface area contributed by atoms with E-state index in [1.165, 1.54) is 17.0 Å². The number of halogens is 4. The van der Waals surface area contributed by atoms with E-state index in [9.17, 15) is 9.18 Å². The molecule has 0 spiro atoms. The zero-order chi connectivity index (χ0) is 12.3. The van der Waals surface area contributed by atoms with Crippen LogP contribution >= 0.6 is 34.8 Å². The van der Waals surface area contributed by atoms with Crippen LogP contribution in [0, 0.1) is 0 Å². The third kappa shape index (κ3) is 2.78. The molecule has 2 nitrogen and oxygen atoms in total. The van der Waals surface area contributed by atoms with Crippen LogP contribution in [-0.2, 0) is 4.79 Å². The molecule has 1 aromatic rings. The summed E-state index contributed by atoms with van der Waals surface area (Å²) in [6.45, 7) is 0.942. The summed E-state index contributed by atoms with van der Waals surface area (Å²) in [5, 5.41) is 0.823. The fraction of sp³-hybridized carbons (Fsp3) is 0.300. The van der Waals surface area contributed by atoms with Crippen molar-refractivity contribution in [3.8, 4) is 0 Å². The van der Waals surface area contributed by atoms with Gasteiger partial charge in [0.1, 0.15) is 0 Å². The Labute approximate surface area is 108 Å². The monoisotopic (exact) mass is 283 g/mol. The predicted octanol–water partition coefficient (Wildman–Crippen LogP) is 3.97. The van der Waals surface area contributed by atoms with Crippen LogP contribution in [0.2, 0.25) is 15.1 Å². The first-order valence-corrected chi connectivity index (χ1v) is 5.65. The number of anilines is 1. The van der Waals surface area contributed by atoms with E-state index in [1.807, 2.05) is 0 Å². The number of alkyl halides is 1. The first-order chi connectivity index (χ1) is 7.51. The lowest BCUT2D eigenvalue weighted by atomic mass is 10.2. The smallest absolute Gasteiger partial charge is 0.258 e. The normalized spacial score (nSPS) is 10.3. The van der Waals surface area contributed by atoms with Crippen molar-refractivity contribution in [2.45, 2.75) is 6.92 Å². The zero-order valence-electron chi connectivity index (χ0n) is 8.44. The van der Waals surface area contributed by atoms with Crippen molar-refractivity contribution in [2.24, 2.45) is 0 Å². The lowest BCUT2D eigenvalue weighted by Gasteiger charge is -2.21. The minimum absolute atomic E-state index is 0.262. The highest BCUT2D eigenvalue weighted by Crippen LogP contribution is 2.34. The summed E-state index contributed by atoms with van der Waals surface area (Å²) in [5.41, 5.74) is 0.362. The van der Waals surface area contributed by atoms with Crippen molar-refractivity contribution in [1.82, 2.24) is 0 Å². The molecule has 0 unspecified atom stereocenters.